The van der Waals surface area contributed by atoms with Crippen LogP contribution in [-0.2, 0) is 20.8 Å². The van der Waals surface area contributed by atoms with E-state index in [-0.39, 0.29) is 24.4 Å². The van der Waals surface area contributed by atoms with E-state index >= 15 is 0 Å². The number of methoxy groups -OCH3 is 1. The average molecular weight is 376 g/mol. The molecule has 1 aliphatic heterocycles. The van der Waals surface area contributed by atoms with E-state index in [1.807, 2.05) is 56.3 Å². The van der Waals surface area contributed by atoms with Gasteiger partial charge in [0.15, 0.2) is 5.79 Å². The number of rotatable bonds is 10. The van der Waals surface area contributed by atoms with Gasteiger partial charge in [-0.1, -0.05) is 30.4 Å². The van der Waals surface area contributed by atoms with Crippen LogP contribution >= 0.6 is 0 Å². The van der Waals surface area contributed by atoms with Gasteiger partial charge in [-0.2, -0.15) is 0 Å². The van der Waals surface area contributed by atoms with E-state index in [0.29, 0.717) is 19.4 Å². The van der Waals surface area contributed by atoms with Gasteiger partial charge >= 0.3 is 0 Å². The molecule has 0 aromatic heterocycles. The van der Waals surface area contributed by atoms with Gasteiger partial charge in [0.2, 0.25) is 0 Å². The summed E-state index contributed by atoms with van der Waals surface area (Å²) in [5.41, 5.74) is 1.06. The molecule has 0 unspecified atom stereocenters. The second kappa shape index (κ2) is 10.0. The summed E-state index contributed by atoms with van der Waals surface area (Å²) >= 11 is 0. The molecular formula is C22H32O5. The van der Waals surface area contributed by atoms with Crippen LogP contribution in [0.5, 0.6) is 5.75 Å². The van der Waals surface area contributed by atoms with E-state index in [9.17, 15) is 5.11 Å². The van der Waals surface area contributed by atoms with Crippen LogP contribution in [0.25, 0.3) is 0 Å². The van der Waals surface area contributed by atoms with Gasteiger partial charge in [-0.25, -0.2) is 0 Å². The molecular weight excluding hydrogens is 344 g/mol. The Labute approximate surface area is 162 Å². The third-order valence-corrected chi connectivity index (χ3v) is 4.36. The zero-order chi connectivity index (χ0) is 19.9. The maximum absolute atomic E-state index is 9.47. The van der Waals surface area contributed by atoms with E-state index in [4.69, 9.17) is 18.9 Å². The van der Waals surface area contributed by atoms with E-state index < -0.39 is 5.79 Å². The minimum absolute atomic E-state index is 0.187. The Kier molecular flexibility index (Phi) is 8.05. The molecule has 0 aliphatic carbocycles. The molecule has 1 aromatic carbocycles. The first-order valence-corrected chi connectivity index (χ1v) is 9.40. The van der Waals surface area contributed by atoms with Crippen LogP contribution < -0.4 is 4.74 Å². The van der Waals surface area contributed by atoms with Gasteiger partial charge in [0.25, 0.3) is 0 Å². The number of hydrogen-bond donors (Lipinski definition) is 1. The fraction of sp³-hybridized carbons (Fsp3) is 0.545. The van der Waals surface area contributed by atoms with Crippen LogP contribution in [0.1, 0.15) is 39.2 Å². The molecule has 0 amide bonds. The Morgan fingerprint density at radius 3 is 2.52 bits per heavy atom. The Balaban J connectivity index is 2.06. The van der Waals surface area contributed by atoms with Crippen LogP contribution in [0.15, 0.2) is 49.1 Å². The number of aliphatic hydroxyl groups excluding tert-OH is 1. The first-order chi connectivity index (χ1) is 12.8. The molecule has 1 heterocycles. The molecule has 1 aromatic rings. The molecule has 1 saturated heterocycles. The lowest BCUT2D eigenvalue weighted by molar-refractivity contribution is -0.159. The fourth-order valence-corrected chi connectivity index (χ4v) is 3.05. The Bertz CT molecular complexity index is 606. The molecule has 27 heavy (non-hydrogen) atoms. The summed E-state index contributed by atoms with van der Waals surface area (Å²) < 4.78 is 23.5. The monoisotopic (exact) mass is 376 g/mol. The highest BCUT2D eigenvalue weighted by Crippen LogP contribution is 2.33. The SMILES string of the molecule is C=CC[C@H](OCc1ccc(OC)cc1)[C@@H]1OC(C)(C)O[C@H]1/C=C\C[C@H](C)O. The maximum atomic E-state index is 9.47. The third-order valence-electron chi connectivity index (χ3n) is 4.36. The average Bonchev–Trinajstić information content (AvgIpc) is 2.93. The van der Waals surface area contributed by atoms with Gasteiger partial charge in [-0.05, 0) is 51.3 Å². The first kappa shape index (κ1) is 21.6. The van der Waals surface area contributed by atoms with Crippen LogP contribution in [-0.4, -0.2) is 42.4 Å². The van der Waals surface area contributed by atoms with Gasteiger partial charge in [-0.15, -0.1) is 6.58 Å². The molecule has 0 bridgehead atoms. The van der Waals surface area contributed by atoms with Crippen LogP contribution in [0, 0.1) is 0 Å². The third kappa shape index (κ3) is 6.78. The molecule has 4 atom stereocenters. The van der Waals surface area contributed by atoms with Crippen LogP contribution in [0.4, 0.5) is 0 Å². The largest absolute Gasteiger partial charge is 0.497 e. The minimum Gasteiger partial charge on any atom is -0.497 e. The van der Waals surface area contributed by atoms with E-state index in [2.05, 4.69) is 6.58 Å². The molecule has 5 heteroatoms. The quantitative estimate of drug-likeness (QED) is 0.626. The van der Waals surface area contributed by atoms with Crippen molar-refractivity contribution in [3.05, 3.63) is 54.6 Å². The highest BCUT2D eigenvalue weighted by Gasteiger charge is 2.44. The van der Waals surface area contributed by atoms with Crippen molar-refractivity contribution in [2.45, 2.75) is 70.4 Å². The van der Waals surface area contributed by atoms with Crippen molar-refractivity contribution in [3.63, 3.8) is 0 Å². The van der Waals surface area contributed by atoms with Crippen LogP contribution in [0.2, 0.25) is 0 Å². The molecule has 1 N–H and O–H groups in total. The summed E-state index contributed by atoms with van der Waals surface area (Å²) in [7, 11) is 1.65. The van der Waals surface area contributed by atoms with Gasteiger partial charge in [0.1, 0.15) is 18.0 Å². The molecule has 1 aliphatic rings. The zero-order valence-corrected chi connectivity index (χ0v) is 16.8. The highest BCUT2D eigenvalue weighted by molar-refractivity contribution is 5.26. The van der Waals surface area contributed by atoms with E-state index in [1.165, 1.54) is 0 Å². The molecule has 1 fully saturated rings. The summed E-state index contributed by atoms with van der Waals surface area (Å²) in [5.74, 6) is 0.131. The normalized spacial score (nSPS) is 24.0. The van der Waals surface area contributed by atoms with Gasteiger partial charge in [0, 0.05) is 0 Å². The van der Waals surface area contributed by atoms with Crippen molar-refractivity contribution in [1.29, 1.82) is 0 Å². The predicted octanol–water partition coefficient (Wildman–Crippen LogP) is 4.00. The second-order valence-corrected chi connectivity index (χ2v) is 7.30. The smallest absolute Gasteiger partial charge is 0.164 e. The molecule has 150 valence electrons. The van der Waals surface area contributed by atoms with Crippen molar-refractivity contribution >= 4 is 0 Å². The highest BCUT2D eigenvalue weighted by atomic mass is 16.8. The molecule has 0 spiro atoms. The lowest BCUT2D eigenvalue weighted by Gasteiger charge is -2.25. The Morgan fingerprint density at radius 1 is 1.22 bits per heavy atom. The van der Waals surface area contributed by atoms with Gasteiger partial charge in [-0.3, -0.25) is 0 Å². The van der Waals surface area contributed by atoms with Gasteiger partial charge < -0.3 is 24.1 Å². The summed E-state index contributed by atoms with van der Waals surface area (Å²) in [5, 5.41) is 9.47. The Morgan fingerprint density at radius 2 is 1.93 bits per heavy atom. The molecule has 5 nitrogen and oxygen atoms in total. The van der Waals surface area contributed by atoms with Crippen molar-refractivity contribution < 1.29 is 24.1 Å². The minimum atomic E-state index is -0.687. The van der Waals surface area contributed by atoms with E-state index in [0.717, 1.165) is 11.3 Å². The number of hydrogen-bond acceptors (Lipinski definition) is 5. The van der Waals surface area contributed by atoms with Crippen molar-refractivity contribution in [3.8, 4) is 5.75 Å². The first-order valence-electron chi connectivity index (χ1n) is 9.40. The molecule has 2 rings (SSSR count). The summed E-state index contributed by atoms with van der Waals surface area (Å²) in [4.78, 5) is 0. The number of benzene rings is 1. The zero-order valence-electron chi connectivity index (χ0n) is 16.8. The summed E-state index contributed by atoms with van der Waals surface area (Å²) in [6, 6.07) is 7.81. The maximum Gasteiger partial charge on any atom is 0.164 e. The molecule has 0 saturated carbocycles. The lowest BCUT2D eigenvalue weighted by atomic mass is 10.0. The molecule has 0 radical (unpaired) electrons. The lowest BCUT2D eigenvalue weighted by Crippen LogP contribution is -2.36. The fourth-order valence-electron chi connectivity index (χ4n) is 3.05. The number of aliphatic hydroxyl groups is 1. The van der Waals surface area contributed by atoms with E-state index in [1.54, 1.807) is 14.0 Å². The second-order valence-electron chi connectivity index (χ2n) is 7.30. The Hall–Kier alpha value is -1.66. The summed E-state index contributed by atoms with van der Waals surface area (Å²) in [6.45, 7) is 9.88. The van der Waals surface area contributed by atoms with Gasteiger partial charge in [0.05, 0.1) is 25.9 Å². The predicted molar refractivity (Wildman–Crippen MR) is 106 cm³/mol. The van der Waals surface area contributed by atoms with Crippen molar-refractivity contribution in [2.75, 3.05) is 7.11 Å². The van der Waals surface area contributed by atoms with Crippen molar-refractivity contribution in [2.24, 2.45) is 0 Å². The number of ether oxygens (including phenoxy) is 4. The topological polar surface area (TPSA) is 57.2 Å². The van der Waals surface area contributed by atoms with Crippen LogP contribution in [0.3, 0.4) is 0 Å². The standard InChI is InChI=1S/C22H32O5/c1-6-8-19(25-15-17-11-13-18(24-5)14-12-17)21-20(10-7-9-16(2)23)26-22(3,4)27-21/h6-7,10-14,16,19-21,23H,1,8-9,15H2,2-5H3/b10-7-/t16-,19-,20-,21-/m0/s1. The summed E-state index contributed by atoms with van der Waals surface area (Å²) in [6.07, 6.45) is 5.90. The van der Waals surface area contributed by atoms with Crippen molar-refractivity contribution in [1.82, 2.24) is 0 Å².